The summed E-state index contributed by atoms with van der Waals surface area (Å²) in [7, 11) is 0. The molecule has 0 radical (unpaired) electrons. The fourth-order valence-electron chi connectivity index (χ4n) is 3.41. The van der Waals surface area contributed by atoms with E-state index >= 15 is 0 Å². The van der Waals surface area contributed by atoms with Gasteiger partial charge >= 0.3 is 5.97 Å². The van der Waals surface area contributed by atoms with Crippen molar-refractivity contribution in [2.45, 2.75) is 19.3 Å². The van der Waals surface area contributed by atoms with Crippen molar-refractivity contribution in [2.75, 3.05) is 19.7 Å². The van der Waals surface area contributed by atoms with E-state index in [1.807, 2.05) is 36.4 Å². The zero-order valence-corrected chi connectivity index (χ0v) is 13.9. The lowest BCUT2D eigenvalue weighted by Crippen LogP contribution is -2.32. The van der Waals surface area contributed by atoms with E-state index in [0.29, 0.717) is 0 Å². The van der Waals surface area contributed by atoms with E-state index < -0.39 is 5.97 Å². The lowest BCUT2D eigenvalue weighted by Gasteiger charge is -2.14. The van der Waals surface area contributed by atoms with Crippen LogP contribution in [0.4, 0.5) is 0 Å². The summed E-state index contributed by atoms with van der Waals surface area (Å²) in [6, 6.07) is 11.9. The first-order valence-electron chi connectivity index (χ1n) is 8.53. The third-order valence-corrected chi connectivity index (χ3v) is 4.69. The quantitative estimate of drug-likeness (QED) is 0.686. The van der Waals surface area contributed by atoms with Crippen molar-refractivity contribution in [3.63, 3.8) is 0 Å². The maximum Gasteiger partial charge on any atom is 0.310 e. The minimum absolute atomic E-state index is 0.0916. The molecule has 1 saturated heterocycles. The molecule has 0 atom stereocenters. The third-order valence-electron chi connectivity index (χ3n) is 4.69. The van der Waals surface area contributed by atoms with Gasteiger partial charge < -0.3 is 14.1 Å². The number of hydrogen-bond donors (Lipinski definition) is 0. The Hall–Kier alpha value is -2.82. The third kappa shape index (κ3) is 3.09. The number of esters is 1. The van der Waals surface area contributed by atoms with Crippen molar-refractivity contribution in [1.82, 2.24) is 4.90 Å². The number of amides is 1. The van der Waals surface area contributed by atoms with Gasteiger partial charge in [0.1, 0.15) is 5.58 Å². The molecule has 2 heterocycles. The van der Waals surface area contributed by atoms with Crippen molar-refractivity contribution in [2.24, 2.45) is 0 Å². The molecule has 5 heteroatoms. The molecule has 0 spiro atoms. The van der Waals surface area contributed by atoms with Crippen molar-refractivity contribution < 1.29 is 18.7 Å². The van der Waals surface area contributed by atoms with Gasteiger partial charge in [0.2, 0.25) is 0 Å². The Kier molecular flexibility index (Phi) is 4.14. The minimum atomic E-state index is -0.414. The lowest BCUT2D eigenvalue weighted by atomic mass is 10.0. The predicted molar refractivity (Wildman–Crippen MR) is 94.2 cm³/mol. The highest BCUT2D eigenvalue weighted by Crippen LogP contribution is 2.30. The van der Waals surface area contributed by atoms with Crippen LogP contribution < -0.4 is 0 Å². The SMILES string of the molecule is O=C(Cc1coc2ccc3ccccc3c12)OCC(=O)N1CCCC1. The summed E-state index contributed by atoms with van der Waals surface area (Å²) in [5.74, 6) is -0.531. The van der Waals surface area contributed by atoms with E-state index in [9.17, 15) is 9.59 Å². The molecule has 0 unspecified atom stereocenters. The minimum Gasteiger partial charge on any atom is -0.464 e. The molecule has 0 N–H and O–H groups in total. The molecule has 25 heavy (non-hydrogen) atoms. The van der Waals surface area contributed by atoms with Crippen LogP contribution in [0, 0.1) is 0 Å². The van der Waals surface area contributed by atoms with E-state index in [2.05, 4.69) is 0 Å². The highest BCUT2D eigenvalue weighted by atomic mass is 16.5. The first-order valence-corrected chi connectivity index (χ1v) is 8.53. The van der Waals surface area contributed by atoms with Crippen LogP contribution in [0.25, 0.3) is 21.7 Å². The Bertz CT molecular complexity index is 937. The van der Waals surface area contributed by atoms with Crippen LogP contribution in [0.5, 0.6) is 0 Å². The van der Waals surface area contributed by atoms with E-state index in [1.54, 1.807) is 11.2 Å². The second-order valence-electron chi connectivity index (χ2n) is 6.35. The first kappa shape index (κ1) is 15.7. The Labute approximate surface area is 145 Å². The fourth-order valence-corrected chi connectivity index (χ4v) is 3.41. The van der Waals surface area contributed by atoms with Crippen LogP contribution >= 0.6 is 0 Å². The van der Waals surface area contributed by atoms with Crippen molar-refractivity contribution in [3.05, 3.63) is 48.2 Å². The highest BCUT2D eigenvalue weighted by molar-refractivity contribution is 6.08. The number of likely N-dealkylation sites (tertiary alicyclic amines) is 1. The van der Waals surface area contributed by atoms with Crippen LogP contribution in [0.1, 0.15) is 18.4 Å². The van der Waals surface area contributed by atoms with E-state index in [1.165, 1.54) is 0 Å². The van der Waals surface area contributed by atoms with Gasteiger partial charge in [0, 0.05) is 24.0 Å². The molecule has 1 aliphatic heterocycles. The Morgan fingerprint density at radius 2 is 1.88 bits per heavy atom. The van der Waals surface area contributed by atoms with Crippen LogP contribution in [-0.2, 0) is 20.7 Å². The van der Waals surface area contributed by atoms with Crippen LogP contribution in [0.2, 0.25) is 0 Å². The number of carbonyl (C=O) groups is 2. The van der Waals surface area contributed by atoms with Crippen LogP contribution in [0.3, 0.4) is 0 Å². The average molecular weight is 337 g/mol. The number of fused-ring (bicyclic) bond motifs is 3. The molecule has 1 fully saturated rings. The first-order chi connectivity index (χ1) is 12.2. The number of benzene rings is 2. The topological polar surface area (TPSA) is 59.8 Å². The second-order valence-corrected chi connectivity index (χ2v) is 6.35. The summed E-state index contributed by atoms with van der Waals surface area (Å²) in [6.45, 7) is 1.33. The lowest BCUT2D eigenvalue weighted by molar-refractivity contribution is -0.151. The molecule has 1 aliphatic rings. The molecular formula is C20H19NO4. The molecule has 128 valence electrons. The molecule has 0 saturated carbocycles. The standard InChI is InChI=1S/C20H19NO4/c22-18(21-9-3-4-10-21)13-25-19(23)11-15-12-24-17-8-7-14-5-1-2-6-16(14)20(15)17/h1-2,5-8,12H,3-4,9-11,13H2. The summed E-state index contributed by atoms with van der Waals surface area (Å²) in [5.41, 5.74) is 1.53. The zero-order valence-electron chi connectivity index (χ0n) is 13.9. The summed E-state index contributed by atoms with van der Waals surface area (Å²) >= 11 is 0. The predicted octanol–water partition coefficient (Wildman–Crippen LogP) is 3.29. The van der Waals surface area contributed by atoms with Gasteiger partial charge in [-0.25, -0.2) is 0 Å². The summed E-state index contributed by atoms with van der Waals surface area (Å²) in [6.07, 6.45) is 3.73. The molecule has 0 bridgehead atoms. The van der Waals surface area contributed by atoms with Crippen LogP contribution in [0.15, 0.2) is 47.1 Å². The van der Waals surface area contributed by atoms with Crippen molar-refractivity contribution >= 4 is 33.6 Å². The van der Waals surface area contributed by atoms with E-state index in [-0.39, 0.29) is 18.9 Å². The molecule has 5 nitrogen and oxygen atoms in total. The largest absolute Gasteiger partial charge is 0.464 e. The van der Waals surface area contributed by atoms with Gasteiger partial charge in [0.05, 0.1) is 12.7 Å². The van der Waals surface area contributed by atoms with E-state index in [0.717, 1.165) is 53.2 Å². The monoisotopic (exact) mass is 337 g/mol. The summed E-state index contributed by atoms with van der Waals surface area (Å²) < 4.78 is 10.8. The van der Waals surface area contributed by atoms with E-state index in [4.69, 9.17) is 9.15 Å². The zero-order chi connectivity index (χ0) is 17.2. The van der Waals surface area contributed by atoms with Crippen molar-refractivity contribution in [1.29, 1.82) is 0 Å². The number of ether oxygens (including phenoxy) is 1. The Morgan fingerprint density at radius 3 is 2.72 bits per heavy atom. The summed E-state index contributed by atoms with van der Waals surface area (Å²) in [5, 5.41) is 3.07. The molecule has 1 aromatic heterocycles. The molecule has 3 aromatic rings. The Morgan fingerprint density at radius 1 is 1.08 bits per heavy atom. The van der Waals surface area contributed by atoms with Gasteiger partial charge in [-0.3, -0.25) is 9.59 Å². The fraction of sp³-hybridized carbons (Fsp3) is 0.300. The Balaban J connectivity index is 1.49. The number of carbonyl (C=O) groups excluding carboxylic acids is 2. The van der Waals surface area contributed by atoms with Gasteiger partial charge in [-0.15, -0.1) is 0 Å². The highest BCUT2D eigenvalue weighted by Gasteiger charge is 2.20. The molecule has 1 amide bonds. The van der Waals surface area contributed by atoms with Crippen molar-refractivity contribution in [3.8, 4) is 0 Å². The number of furan rings is 1. The average Bonchev–Trinajstić information content (AvgIpc) is 3.30. The number of hydrogen-bond acceptors (Lipinski definition) is 4. The van der Waals surface area contributed by atoms with Crippen LogP contribution in [-0.4, -0.2) is 36.5 Å². The van der Waals surface area contributed by atoms with Gasteiger partial charge in [0.15, 0.2) is 6.61 Å². The normalized spacial score (nSPS) is 14.3. The molecular weight excluding hydrogens is 318 g/mol. The summed E-state index contributed by atoms with van der Waals surface area (Å²) in [4.78, 5) is 25.9. The van der Waals surface area contributed by atoms with Gasteiger partial charge in [-0.05, 0) is 29.7 Å². The molecule has 4 rings (SSSR count). The molecule has 0 aliphatic carbocycles. The smallest absolute Gasteiger partial charge is 0.310 e. The number of rotatable bonds is 4. The van der Waals surface area contributed by atoms with Gasteiger partial charge in [-0.1, -0.05) is 30.3 Å². The maximum absolute atomic E-state index is 12.2. The molecule has 2 aromatic carbocycles. The van der Waals surface area contributed by atoms with Gasteiger partial charge in [-0.2, -0.15) is 0 Å². The van der Waals surface area contributed by atoms with Gasteiger partial charge in [0.25, 0.3) is 5.91 Å². The second kappa shape index (κ2) is 6.59. The number of nitrogens with zero attached hydrogens (tertiary/aromatic N) is 1. The maximum atomic E-state index is 12.2.